The molecule has 1 aromatic carbocycles. The Morgan fingerprint density at radius 1 is 1.41 bits per heavy atom. The summed E-state index contributed by atoms with van der Waals surface area (Å²) in [7, 11) is 0. The van der Waals surface area contributed by atoms with E-state index >= 15 is 0 Å². The molecule has 3 heteroatoms. The summed E-state index contributed by atoms with van der Waals surface area (Å²) in [6.45, 7) is 6.76. The standard InChI is InChI=1S/C14H21NO2/c1-10(2)12-5-4-11(3)13(8-12)6-7-17-14(16)9-15/h4-5,8,10H,6-7,9,15H2,1-3H3. The van der Waals surface area contributed by atoms with Crippen LogP contribution in [0.25, 0.3) is 0 Å². The molecule has 0 saturated carbocycles. The minimum Gasteiger partial charge on any atom is -0.464 e. The van der Waals surface area contributed by atoms with Gasteiger partial charge in [0.25, 0.3) is 0 Å². The maximum absolute atomic E-state index is 10.9. The molecule has 0 aromatic heterocycles. The van der Waals surface area contributed by atoms with Crippen molar-refractivity contribution in [3.63, 3.8) is 0 Å². The zero-order valence-electron chi connectivity index (χ0n) is 10.8. The summed E-state index contributed by atoms with van der Waals surface area (Å²) < 4.78 is 4.99. The van der Waals surface area contributed by atoms with Crippen molar-refractivity contribution in [1.29, 1.82) is 0 Å². The van der Waals surface area contributed by atoms with Gasteiger partial charge < -0.3 is 10.5 Å². The van der Waals surface area contributed by atoms with Gasteiger partial charge in [-0.2, -0.15) is 0 Å². The lowest BCUT2D eigenvalue weighted by Gasteiger charge is -2.11. The Labute approximate surface area is 103 Å². The largest absolute Gasteiger partial charge is 0.464 e. The van der Waals surface area contributed by atoms with E-state index in [4.69, 9.17) is 10.5 Å². The number of benzene rings is 1. The summed E-state index contributed by atoms with van der Waals surface area (Å²) in [6.07, 6.45) is 0.748. The summed E-state index contributed by atoms with van der Waals surface area (Å²) >= 11 is 0. The van der Waals surface area contributed by atoms with E-state index in [-0.39, 0.29) is 12.5 Å². The maximum atomic E-state index is 10.9. The zero-order chi connectivity index (χ0) is 12.8. The van der Waals surface area contributed by atoms with E-state index in [1.807, 2.05) is 0 Å². The second-order valence-corrected chi connectivity index (χ2v) is 4.52. The fourth-order valence-electron chi connectivity index (χ4n) is 1.65. The molecule has 0 spiro atoms. The maximum Gasteiger partial charge on any atom is 0.319 e. The van der Waals surface area contributed by atoms with Crippen molar-refractivity contribution in [3.8, 4) is 0 Å². The molecule has 0 amide bonds. The van der Waals surface area contributed by atoms with E-state index < -0.39 is 0 Å². The minimum absolute atomic E-state index is 0.0506. The highest BCUT2D eigenvalue weighted by molar-refractivity contribution is 5.71. The third-order valence-electron chi connectivity index (χ3n) is 2.84. The van der Waals surface area contributed by atoms with Crippen molar-refractivity contribution in [2.24, 2.45) is 5.73 Å². The fraction of sp³-hybridized carbons (Fsp3) is 0.500. The summed E-state index contributed by atoms with van der Waals surface area (Å²) in [4.78, 5) is 10.9. The first-order valence-corrected chi connectivity index (χ1v) is 5.99. The van der Waals surface area contributed by atoms with E-state index in [1.165, 1.54) is 16.7 Å². The van der Waals surface area contributed by atoms with E-state index in [9.17, 15) is 4.79 Å². The molecule has 3 nitrogen and oxygen atoms in total. The smallest absolute Gasteiger partial charge is 0.319 e. The number of ether oxygens (including phenoxy) is 1. The van der Waals surface area contributed by atoms with Gasteiger partial charge in [0.1, 0.15) is 0 Å². The Morgan fingerprint density at radius 3 is 2.71 bits per heavy atom. The number of rotatable bonds is 5. The van der Waals surface area contributed by atoms with Crippen LogP contribution in [-0.4, -0.2) is 19.1 Å². The number of nitrogens with two attached hydrogens (primary N) is 1. The number of esters is 1. The normalized spacial score (nSPS) is 10.6. The molecule has 0 saturated heterocycles. The van der Waals surface area contributed by atoms with Gasteiger partial charge in [0.15, 0.2) is 0 Å². The van der Waals surface area contributed by atoms with E-state index in [1.54, 1.807) is 0 Å². The summed E-state index contributed by atoms with van der Waals surface area (Å²) in [5, 5.41) is 0. The first-order valence-electron chi connectivity index (χ1n) is 5.99. The molecule has 0 fully saturated rings. The molecule has 17 heavy (non-hydrogen) atoms. The van der Waals surface area contributed by atoms with Crippen LogP contribution in [0.1, 0.15) is 36.5 Å². The molecule has 0 aliphatic carbocycles. The third kappa shape index (κ3) is 4.19. The molecule has 0 aliphatic heterocycles. The summed E-state index contributed by atoms with van der Waals surface area (Å²) in [5.41, 5.74) is 8.96. The van der Waals surface area contributed by atoms with Crippen molar-refractivity contribution in [1.82, 2.24) is 0 Å². The molecule has 0 radical (unpaired) electrons. The number of carbonyl (C=O) groups is 1. The van der Waals surface area contributed by atoms with Crippen LogP contribution in [0.2, 0.25) is 0 Å². The van der Waals surface area contributed by atoms with Crippen LogP contribution in [0.5, 0.6) is 0 Å². The van der Waals surface area contributed by atoms with Crippen LogP contribution >= 0.6 is 0 Å². The zero-order valence-corrected chi connectivity index (χ0v) is 10.8. The van der Waals surface area contributed by atoms with E-state index in [0.29, 0.717) is 12.5 Å². The highest BCUT2D eigenvalue weighted by atomic mass is 16.5. The second kappa shape index (κ2) is 6.40. The molecular weight excluding hydrogens is 214 g/mol. The Balaban J connectivity index is 2.63. The lowest BCUT2D eigenvalue weighted by atomic mass is 9.96. The number of hydrogen-bond acceptors (Lipinski definition) is 3. The van der Waals surface area contributed by atoms with Gasteiger partial charge in [-0.15, -0.1) is 0 Å². The first kappa shape index (κ1) is 13.7. The minimum atomic E-state index is -0.345. The second-order valence-electron chi connectivity index (χ2n) is 4.52. The monoisotopic (exact) mass is 235 g/mol. The van der Waals surface area contributed by atoms with Gasteiger partial charge in [-0.3, -0.25) is 4.79 Å². The van der Waals surface area contributed by atoms with Gasteiger partial charge in [0.2, 0.25) is 0 Å². The Kier molecular flexibility index (Phi) is 5.16. The molecule has 0 atom stereocenters. The van der Waals surface area contributed by atoms with E-state index in [2.05, 4.69) is 39.0 Å². The number of aryl methyl sites for hydroxylation is 1. The molecule has 1 rings (SSSR count). The average molecular weight is 235 g/mol. The van der Waals surface area contributed by atoms with Crippen molar-refractivity contribution in [3.05, 3.63) is 34.9 Å². The molecule has 0 heterocycles. The van der Waals surface area contributed by atoms with E-state index in [0.717, 1.165) is 6.42 Å². The quantitative estimate of drug-likeness (QED) is 0.796. The number of hydrogen-bond donors (Lipinski definition) is 1. The van der Waals surface area contributed by atoms with Crippen LogP contribution in [0.4, 0.5) is 0 Å². The topological polar surface area (TPSA) is 52.3 Å². The Hall–Kier alpha value is -1.35. The van der Waals surface area contributed by atoms with Gasteiger partial charge in [0, 0.05) is 6.42 Å². The highest BCUT2D eigenvalue weighted by Gasteiger charge is 2.05. The predicted octanol–water partition coefficient (Wildman–Crippen LogP) is 2.16. The molecule has 0 bridgehead atoms. The molecule has 94 valence electrons. The molecule has 0 unspecified atom stereocenters. The summed E-state index contributed by atoms with van der Waals surface area (Å²) in [6, 6.07) is 6.46. The van der Waals surface area contributed by atoms with Crippen LogP contribution in [0.15, 0.2) is 18.2 Å². The lowest BCUT2D eigenvalue weighted by Crippen LogP contribution is -2.18. The van der Waals surface area contributed by atoms with Crippen LogP contribution in [0.3, 0.4) is 0 Å². The fourth-order valence-corrected chi connectivity index (χ4v) is 1.65. The third-order valence-corrected chi connectivity index (χ3v) is 2.84. The average Bonchev–Trinajstić information content (AvgIpc) is 2.30. The van der Waals surface area contributed by atoms with Crippen LogP contribution in [0, 0.1) is 6.92 Å². The SMILES string of the molecule is Cc1ccc(C(C)C)cc1CCOC(=O)CN. The Bertz CT molecular complexity index is 386. The van der Waals surface area contributed by atoms with Gasteiger partial charge >= 0.3 is 5.97 Å². The summed E-state index contributed by atoms with van der Waals surface area (Å²) in [5.74, 6) is 0.170. The van der Waals surface area contributed by atoms with Gasteiger partial charge in [-0.25, -0.2) is 0 Å². The first-order chi connectivity index (χ1) is 8.04. The predicted molar refractivity (Wildman–Crippen MR) is 69.0 cm³/mol. The van der Waals surface area contributed by atoms with Crippen molar-refractivity contribution >= 4 is 5.97 Å². The lowest BCUT2D eigenvalue weighted by molar-refractivity contribution is -0.141. The van der Waals surface area contributed by atoms with Crippen molar-refractivity contribution in [2.45, 2.75) is 33.1 Å². The van der Waals surface area contributed by atoms with Crippen LogP contribution < -0.4 is 5.73 Å². The molecule has 1 aromatic rings. The van der Waals surface area contributed by atoms with Crippen molar-refractivity contribution in [2.75, 3.05) is 13.2 Å². The molecule has 0 aliphatic rings. The van der Waals surface area contributed by atoms with Crippen molar-refractivity contribution < 1.29 is 9.53 Å². The van der Waals surface area contributed by atoms with Crippen LogP contribution in [-0.2, 0) is 16.0 Å². The van der Waals surface area contributed by atoms with Gasteiger partial charge in [-0.05, 0) is 29.5 Å². The molecular formula is C14H21NO2. The molecule has 2 N–H and O–H groups in total. The highest BCUT2D eigenvalue weighted by Crippen LogP contribution is 2.19. The van der Waals surface area contributed by atoms with Gasteiger partial charge in [-0.1, -0.05) is 32.0 Å². The van der Waals surface area contributed by atoms with Gasteiger partial charge in [0.05, 0.1) is 13.2 Å². The number of carbonyl (C=O) groups excluding carboxylic acids is 1. The Morgan fingerprint density at radius 2 is 2.12 bits per heavy atom.